The molecule has 2 nitrogen and oxygen atoms in total. The average molecular weight is 413 g/mol. The quantitative estimate of drug-likeness (QED) is 0.324. The van der Waals surface area contributed by atoms with E-state index in [4.69, 9.17) is 5.84 Å². The van der Waals surface area contributed by atoms with Crippen molar-refractivity contribution in [1.29, 1.82) is 0 Å². The molecule has 31 heavy (non-hydrogen) atoms. The molecule has 162 valence electrons. The molecule has 0 heterocycles. The van der Waals surface area contributed by atoms with Gasteiger partial charge in [0.2, 0.25) is 0 Å². The number of aryl methyl sites for hydroxylation is 1. The molecule has 0 saturated carbocycles. The maximum Gasteiger partial charge on any atom is 0.0974 e. The van der Waals surface area contributed by atoms with Crippen molar-refractivity contribution in [3.05, 3.63) is 88.0 Å². The topological polar surface area (TPSA) is 38.4 Å². The van der Waals surface area contributed by atoms with E-state index in [9.17, 15) is 0 Å². The summed E-state index contributed by atoms with van der Waals surface area (Å²) in [5.41, 5.74) is 11.3. The summed E-state index contributed by atoms with van der Waals surface area (Å²) in [4.78, 5) is 0. The number of hydrogen-bond donors (Lipinski definition) is 1. The molecule has 2 heteroatoms. The Morgan fingerprint density at radius 3 is 2.16 bits per heavy atom. The van der Waals surface area contributed by atoms with Gasteiger partial charge in [0.25, 0.3) is 0 Å². The summed E-state index contributed by atoms with van der Waals surface area (Å²) < 4.78 is 0. The first kappa shape index (κ1) is 21.6. The molecule has 0 aromatic heterocycles. The Balaban J connectivity index is 1.75. The monoisotopic (exact) mass is 412 g/mol. The van der Waals surface area contributed by atoms with Crippen LogP contribution in [0.1, 0.15) is 93.2 Å². The molecule has 0 fully saturated rings. The van der Waals surface area contributed by atoms with Crippen molar-refractivity contribution in [2.45, 2.75) is 77.6 Å². The molecule has 0 spiro atoms. The highest BCUT2D eigenvalue weighted by Crippen LogP contribution is 2.46. The molecule has 0 bridgehead atoms. The van der Waals surface area contributed by atoms with E-state index in [1.54, 1.807) is 0 Å². The Morgan fingerprint density at radius 1 is 0.968 bits per heavy atom. The summed E-state index contributed by atoms with van der Waals surface area (Å²) >= 11 is 0. The highest BCUT2D eigenvalue weighted by Gasteiger charge is 2.37. The lowest BCUT2D eigenvalue weighted by Crippen LogP contribution is -2.34. The number of rotatable bonds is 3. The standard InChI is InChI=1S/C29H36N2/c1-19-9-7-8-10-23(19)21-11-13-22(14-12-21)27(31-30)24-18-26-25(17-20(24)2)28(3,4)15-16-29(26,5)6/h10-14,17-18H,1,7-9,15-16,30H2,2-6H3/b31-27+. The van der Waals surface area contributed by atoms with Crippen LogP contribution in [0.15, 0.2) is 59.7 Å². The van der Waals surface area contributed by atoms with Crippen LogP contribution in [0.4, 0.5) is 0 Å². The summed E-state index contributed by atoms with van der Waals surface area (Å²) in [6.07, 6.45) is 8.14. The third-order valence-electron chi connectivity index (χ3n) is 7.46. The normalized spacial score (nSPS) is 20.2. The first-order valence-electron chi connectivity index (χ1n) is 11.6. The van der Waals surface area contributed by atoms with E-state index in [0.29, 0.717) is 0 Å². The van der Waals surface area contributed by atoms with Crippen molar-refractivity contribution in [3.8, 4) is 0 Å². The highest BCUT2D eigenvalue weighted by atomic mass is 15.1. The first-order valence-corrected chi connectivity index (χ1v) is 11.6. The van der Waals surface area contributed by atoms with Gasteiger partial charge in [-0.25, -0.2) is 0 Å². The van der Waals surface area contributed by atoms with Crippen molar-refractivity contribution < 1.29 is 0 Å². The van der Waals surface area contributed by atoms with E-state index in [0.717, 1.165) is 29.7 Å². The number of nitrogens with zero attached hydrogens (tertiary/aromatic N) is 1. The molecule has 2 aliphatic carbocycles. The number of hydrazone groups is 1. The van der Waals surface area contributed by atoms with Gasteiger partial charge in [0.05, 0.1) is 5.71 Å². The zero-order chi connectivity index (χ0) is 22.4. The summed E-state index contributed by atoms with van der Waals surface area (Å²) in [5, 5.41) is 4.26. The van der Waals surface area contributed by atoms with Crippen molar-refractivity contribution >= 4 is 11.3 Å². The van der Waals surface area contributed by atoms with Crippen LogP contribution >= 0.6 is 0 Å². The zero-order valence-corrected chi connectivity index (χ0v) is 19.8. The predicted molar refractivity (Wildman–Crippen MR) is 134 cm³/mol. The summed E-state index contributed by atoms with van der Waals surface area (Å²) in [6.45, 7) is 15.9. The van der Waals surface area contributed by atoms with Gasteiger partial charge in [-0.1, -0.05) is 70.7 Å². The molecule has 0 amide bonds. The van der Waals surface area contributed by atoms with Gasteiger partial charge >= 0.3 is 0 Å². The summed E-state index contributed by atoms with van der Waals surface area (Å²) in [5.74, 6) is 5.97. The van der Waals surface area contributed by atoms with Crippen LogP contribution in [0.3, 0.4) is 0 Å². The lowest BCUT2D eigenvalue weighted by Gasteiger charge is -2.42. The van der Waals surface area contributed by atoms with Gasteiger partial charge in [0, 0.05) is 11.1 Å². The molecule has 0 atom stereocenters. The Morgan fingerprint density at radius 2 is 1.58 bits per heavy atom. The maximum absolute atomic E-state index is 5.97. The second kappa shape index (κ2) is 7.82. The van der Waals surface area contributed by atoms with Gasteiger partial charge in [0.1, 0.15) is 0 Å². The summed E-state index contributed by atoms with van der Waals surface area (Å²) in [6, 6.07) is 13.4. The second-order valence-corrected chi connectivity index (χ2v) is 10.6. The SMILES string of the molecule is C=C1CCCC=C1c1ccc(/C(=N\N)c2cc3c(cc2C)C(C)(C)CCC3(C)C)cc1. The summed E-state index contributed by atoms with van der Waals surface area (Å²) in [7, 11) is 0. The fourth-order valence-electron chi connectivity index (χ4n) is 5.25. The number of nitrogens with two attached hydrogens (primary N) is 1. The number of hydrogen-bond acceptors (Lipinski definition) is 2. The Labute approximate surface area is 188 Å². The van der Waals surface area contributed by atoms with E-state index in [1.165, 1.54) is 52.7 Å². The third kappa shape index (κ3) is 3.89. The van der Waals surface area contributed by atoms with Crippen LogP contribution in [0.5, 0.6) is 0 Å². The average Bonchev–Trinajstić information content (AvgIpc) is 2.74. The van der Waals surface area contributed by atoms with Crippen molar-refractivity contribution in [3.63, 3.8) is 0 Å². The minimum absolute atomic E-state index is 0.157. The van der Waals surface area contributed by atoms with Crippen LogP contribution < -0.4 is 5.84 Å². The van der Waals surface area contributed by atoms with Gasteiger partial charge < -0.3 is 5.84 Å². The largest absolute Gasteiger partial charge is 0.323 e. The zero-order valence-electron chi connectivity index (χ0n) is 19.8. The molecular formula is C29H36N2. The molecule has 2 aromatic carbocycles. The number of allylic oxidation sites excluding steroid dienone is 3. The van der Waals surface area contributed by atoms with Gasteiger partial charge in [0.15, 0.2) is 0 Å². The van der Waals surface area contributed by atoms with Gasteiger partial charge in [-0.3, -0.25) is 0 Å². The van der Waals surface area contributed by atoms with Crippen LogP contribution in [0.2, 0.25) is 0 Å². The van der Waals surface area contributed by atoms with Crippen LogP contribution in [-0.2, 0) is 10.8 Å². The lowest BCUT2D eigenvalue weighted by molar-refractivity contribution is 0.331. The minimum Gasteiger partial charge on any atom is -0.323 e. The lowest BCUT2D eigenvalue weighted by atomic mass is 9.62. The van der Waals surface area contributed by atoms with Crippen molar-refractivity contribution in [1.82, 2.24) is 0 Å². The maximum atomic E-state index is 5.97. The van der Waals surface area contributed by atoms with Crippen molar-refractivity contribution in [2.75, 3.05) is 0 Å². The van der Waals surface area contributed by atoms with Crippen LogP contribution in [0, 0.1) is 6.92 Å². The fraction of sp³-hybridized carbons (Fsp3) is 0.414. The first-order chi connectivity index (χ1) is 14.6. The fourth-order valence-corrected chi connectivity index (χ4v) is 5.25. The third-order valence-corrected chi connectivity index (χ3v) is 7.46. The van der Waals surface area contributed by atoms with Gasteiger partial charge in [-0.2, -0.15) is 5.10 Å². The molecule has 2 aromatic rings. The molecule has 0 radical (unpaired) electrons. The van der Waals surface area contributed by atoms with E-state index in [-0.39, 0.29) is 10.8 Å². The molecule has 2 aliphatic rings. The Bertz CT molecular complexity index is 1080. The molecule has 4 rings (SSSR count). The second-order valence-electron chi connectivity index (χ2n) is 10.6. The number of fused-ring (bicyclic) bond motifs is 1. The van der Waals surface area contributed by atoms with Crippen LogP contribution in [-0.4, -0.2) is 5.71 Å². The Hall–Kier alpha value is -2.61. The van der Waals surface area contributed by atoms with E-state index >= 15 is 0 Å². The van der Waals surface area contributed by atoms with Gasteiger partial charge in [-0.15, -0.1) is 0 Å². The van der Waals surface area contributed by atoms with Gasteiger partial charge in [-0.05, 0) is 89.3 Å². The predicted octanol–water partition coefficient (Wildman–Crippen LogP) is 7.18. The Kier molecular flexibility index (Phi) is 5.45. The van der Waals surface area contributed by atoms with E-state index in [1.807, 2.05) is 0 Å². The van der Waals surface area contributed by atoms with Crippen molar-refractivity contribution in [2.24, 2.45) is 10.9 Å². The smallest absolute Gasteiger partial charge is 0.0974 e. The van der Waals surface area contributed by atoms with E-state index in [2.05, 4.69) is 88.8 Å². The molecule has 0 aliphatic heterocycles. The number of benzene rings is 2. The van der Waals surface area contributed by atoms with Crippen LogP contribution in [0.25, 0.3) is 5.57 Å². The molecule has 2 N–H and O–H groups in total. The molecule has 0 saturated heterocycles. The highest BCUT2D eigenvalue weighted by molar-refractivity contribution is 6.14. The van der Waals surface area contributed by atoms with E-state index < -0.39 is 0 Å². The minimum atomic E-state index is 0.157. The molecular weight excluding hydrogens is 376 g/mol. The molecule has 0 unspecified atom stereocenters.